The number of rotatable bonds is 5. The SMILES string of the molecule is Cn1c(CN2CC(O)CC2c2nc(Cc3ccccc3)no2)nc2ccccc21. The lowest BCUT2D eigenvalue weighted by molar-refractivity contribution is 0.167. The summed E-state index contributed by atoms with van der Waals surface area (Å²) in [4.78, 5) is 11.6. The van der Waals surface area contributed by atoms with Gasteiger partial charge in [-0.3, -0.25) is 4.90 Å². The van der Waals surface area contributed by atoms with Gasteiger partial charge in [0.15, 0.2) is 5.82 Å². The maximum atomic E-state index is 10.3. The van der Waals surface area contributed by atoms with Crippen LogP contribution in [0.1, 0.15) is 35.6 Å². The highest BCUT2D eigenvalue weighted by Crippen LogP contribution is 2.33. The number of para-hydroxylation sites is 2. The van der Waals surface area contributed by atoms with Crippen molar-refractivity contribution in [3.63, 3.8) is 0 Å². The first-order chi connectivity index (χ1) is 14.2. The van der Waals surface area contributed by atoms with Gasteiger partial charge in [-0.1, -0.05) is 47.6 Å². The summed E-state index contributed by atoms with van der Waals surface area (Å²) in [6.07, 6.45) is 0.792. The van der Waals surface area contributed by atoms with Crippen molar-refractivity contribution in [1.29, 1.82) is 0 Å². The largest absolute Gasteiger partial charge is 0.392 e. The van der Waals surface area contributed by atoms with Crippen molar-refractivity contribution < 1.29 is 9.63 Å². The molecule has 4 aromatic rings. The lowest BCUT2D eigenvalue weighted by atomic mass is 10.1. The lowest BCUT2D eigenvalue weighted by Gasteiger charge is -2.20. The van der Waals surface area contributed by atoms with Crippen LogP contribution in [-0.4, -0.2) is 42.3 Å². The Morgan fingerprint density at radius 3 is 2.69 bits per heavy atom. The predicted octanol–water partition coefficient (Wildman–Crippen LogP) is 2.86. The van der Waals surface area contributed by atoms with Crippen molar-refractivity contribution in [2.45, 2.75) is 31.5 Å². The fraction of sp³-hybridized carbons (Fsp3) is 0.318. The highest BCUT2D eigenvalue weighted by Gasteiger charge is 2.36. The van der Waals surface area contributed by atoms with Gasteiger partial charge >= 0.3 is 0 Å². The van der Waals surface area contributed by atoms with Crippen LogP contribution in [0.5, 0.6) is 0 Å². The molecule has 0 aliphatic carbocycles. The van der Waals surface area contributed by atoms with Crippen LogP contribution in [0, 0.1) is 0 Å². The molecule has 7 heteroatoms. The summed E-state index contributed by atoms with van der Waals surface area (Å²) < 4.78 is 7.69. The van der Waals surface area contributed by atoms with Gasteiger partial charge in [0.1, 0.15) is 5.82 Å². The van der Waals surface area contributed by atoms with Crippen LogP contribution in [0.2, 0.25) is 0 Å². The molecule has 1 saturated heterocycles. The third-order valence-electron chi connectivity index (χ3n) is 5.58. The molecule has 1 aliphatic heterocycles. The van der Waals surface area contributed by atoms with Gasteiger partial charge in [-0.15, -0.1) is 0 Å². The van der Waals surface area contributed by atoms with Gasteiger partial charge in [0.2, 0.25) is 5.89 Å². The molecule has 0 spiro atoms. The van der Waals surface area contributed by atoms with Crippen molar-refractivity contribution in [3.8, 4) is 0 Å². The topological polar surface area (TPSA) is 80.2 Å². The van der Waals surface area contributed by atoms with Gasteiger partial charge < -0.3 is 14.2 Å². The molecule has 1 aliphatic rings. The molecule has 7 nitrogen and oxygen atoms in total. The summed E-state index contributed by atoms with van der Waals surface area (Å²) in [6, 6.07) is 18.1. The Bertz CT molecular complexity index is 1120. The van der Waals surface area contributed by atoms with Gasteiger partial charge in [-0.25, -0.2) is 4.98 Å². The van der Waals surface area contributed by atoms with E-state index in [1.165, 1.54) is 0 Å². The maximum Gasteiger partial charge on any atom is 0.244 e. The molecule has 0 bridgehead atoms. The van der Waals surface area contributed by atoms with Gasteiger partial charge in [0, 0.05) is 20.0 Å². The number of benzene rings is 2. The Labute approximate surface area is 168 Å². The Hall–Kier alpha value is -3.03. The van der Waals surface area contributed by atoms with E-state index in [0.717, 1.165) is 22.4 Å². The quantitative estimate of drug-likeness (QED) is 0.565. The van der Waals surface area contributed by atoms with Gasteiger partial charge in [0.25, 0.3) is 0 Å². The van der Waals surface area contributed by atoms with E-state index in [9.17, 15) is 5.11 Å². The minimum atomic E-state index is -0.417. The number of imidazole rings is 1. The smallest absolute Gasteiger partial charge is 0.244 e. The molecule has 3 heterocycles. The highest BCUT2D eigenvalue weighted by molar-refractivity contribution is 5.75. The average Bonchev–Trinajstić information content (AvgIpc) is 3.42. The lowest BCUT2D eigenvalue weighted by Crippen LogP contribution is -2.26. The second-order valence-electron chi connectivity index (χ2n) is 7.62. The zero-order chi connectivity index (χ0) is 19.8. The first-order valence-electron chi connectivity index (χ1n) is 9.86. The molecule has 1 fully saturated rings. The maximum absolute atomic E-state index is 10.3. The fourth-order valence-electron chi connectivity index (χ4n) is 4.08. The molecule has 2 aromatic heterocycles. The monoisotopic (exact) mass is 389 g/mol. The standard InChI is InChI=1S/C22H23N5O2/c1-26-18-10-6-5-9-17(18)23-21(26)14-27-13-16(28)12-19(27)22-24-20(25-29-22)11-15-7-3-2-4-8-15/h2-10,16,19,28H,11-14H2,1H3. The normalized spacial score (nSPS) is 19.9. The third kappa shape index (κ3) is 3.54. The van der Waals surface area contributed by atoms with Crippen LogP contribution in [0.15, 0.2) is 59.1 Å². The van der Waals surface area contributed by atoms with Crippen LogP contribution >= 0.6 is 0 Å². The molecular formula is C22H23N5O2. The number of aliphatic hydroxyl groups excluding tert-OH is 1. The van der Waals surface area contributed by atoms with Crippen molar-refractivity contribution >= 4 is 11.0 Å². The number of hydrogen-bond donors (Lipinski definition) is 1. The van der Waals surface area contributed by atoms with E-state index < -0.39 is 6.10 Å². The number of β-amino-alcohol motifs (C(OH)–C–C–N with tert-alkyl or cyclic N) is 1. The Morgan fingerprint density at radius 1 is 1.07 bits per heavy atom. The summed E-state index contributed by atoms with van der Waals surface area (Å²) in [7, 11) is 2.02. The van der Waals surface area contributed by atoms with Crippen molar-refractivity contribution in [2.24, 2.45) is 7.05 Å². The first kappa shape index (κ1) is 18.0. The van der Waals surface area contributed by atoms with E-state index >= 15 is 0 Å². The van der Waals surface area contributed by atoms with E-state index in [0.29, 0.717) is 37.6 Å². The second kappa shape index (κ2) is 7.42. The van der Waals surface area contributed by atoms with Gasteiger partial charge in [0.05, 0.1) is 29.7 Å². The number of likely N-dealkylation sites (tertiary alicyclic amines) is 1. The molecule has 0 amide bonds. The Morgan fingerprint density at radius 2 is 1.86 bits per heavy atom. The summed E-state index contributed by atoms with van der Waals surface area (Å²) >= 11 is 0. The van der Waals surface area contributed by atoms with Crippen molar-refractivity contribution in [3.05, 3.63) is 77.7 Å². The third-order valence-corrected chi connectivity index (χ3v) is 5.58. The molecule has 5 rings (SSSR count). The average molecular weight is 389 g/mol. The molecule has 2 unspecified atom stereocenters. The van der Waals surface area contributed by atoms with Gasteiger partial charge in [-0.05, 0) is 24.1 Å². The molecule has 0 radical (unpaired) electrons. The molecule has 148 valence electrons. The molecule has 2 aromatic carbocycles. The van der Waals surface area contributed by atoms with E-state index in [-0.39, 0.29) is 6.04 Å². The molecule has 0 saturated carbocycles. The summed E-state index contributed by atoms with van der Waals surface area (Å²) in [5, 5.41) is 14.5. The number of aliphatic hydroxyl groups is 1. The number of fused-ring (bicyclic) bond motifs is 1. The zero-order valence-electron chi connectivity index (χ0n) is 16.3. The van der Waals surface area contributed by atoms with Crippen molar-refractivity contribution in [2.75, 3.05) is 6.54 Å². The molecule has 2 atom stereocenters. The molecule has 29 heavy (non-hydrogen) atoms. The van der Waals surface area contributed by atoms with Crippen LogP contribution in [0.4, 0.5) is 0 Å². The predicted molar refractivity (Wildman–Crippen MR) is 108 cm³/mol. The number of aryl methyl sites for hydroxylation is 1. The van der Waals surface area contributed by atoms with Crippen LogP contribution in [-0.2, 0) is 20.0 Å². The fourth-order valence-corrected chi connectivity index (χ4v) is 4.08. The van der Waals surface area contributed by atoms with E-state index in [1.54, 1.807) is 0 Å². The zero-order valence-corrected chi connectivity index (χ0v) is 16.3. The van der Waals surface area contributed by atoms with Crippen LogP contribution in [0.3, 0.4) is 0 Å². The number of hydrogen-bond acceptors (Lipinski definition) is 6. The van der Waals surface area contributed by atoms with Crippen molar-refractivity contribution in [1.82, 2.24) is 24.6 Å². The minimum absolute atomic E-state index is 0.109. The Kier molecular flexibility index (Phi) is 4.61. The molecular weight excluding hydrogens is 366 g/mol. The summed E-state index contributed by atoms with van der Waals surface area (Å²) in [5.41, 5.74) is 3.22. The summed E-state index contributed by atoms with van der Waals surface area (Å²) in [5.74, 6) is 2.18. The van der Waals surface area contributed by atoms with E-state index in [1.807, 2.05) is 55.6 Å². The second-order valence-corrected chi connectivity index (χ2v) is 7.62. The van der Waals surface area contributed by atoms with E-state index in [2.05, 4.69) is 25.7 Å². The number of nitrogens with zero attached hydrogens (tertiary/aromatic N) is 5. The van der Waals surface area contributed by atoms with E-state index in [4.69, 9.17) is 9.51 Å². The van der Waals surface area contributed by atoms with Crippen LogP contribution in [0.25, 0.3) is 11.0 Å². The number of aromatic nitrogens is 4. The Balaban J connectivity index is 1.37. The first-order valence-corrected chi connectivity index (χ1v) is 9.86. The summed E-state index contributed by atoms with van der Waals surface area (Å²) in [6.45, 7) is 1.17. The van der Waals surface area contributed by atoms with Gasteiger partial charge in [-0.2, -0.15) is 4.98 Å². The molecule has 1 N–H and O–H groups in total. The minimum Gasteiger partial charge on any atom is -0.392 e. The highest BCUT2D eigenvalue weighted by atomic mass is 16.5. The van der Waals surface area contributed by atoms with Crippen LogP contribution < -0.4 is 0 Å².